The summed E-state index contributed by atoms with van der Waals surface area (Å²) in [5.41, 5.74) is 5.82. The first-order chi connectivity index (χ1) is 7.90. The fraction of sp³-hybridized carbons (Fsp3) is 0.833. The maximum absolute atomic E-state index is 11.6. The van der Waals surface area contributed by atoms with Gasteiger partial charge in [0.2, 0.25) is 5.91 Å². The van der Waals surface area contributed by atoms with Gasteiger partial charge in [-0.2, -0.15) is 0 Å². The first kappa shape index (κ1) is 14.0. The van der Waals surface area contributed by atoms with Crippen LogP contribution < -0.4 is 11.1 Å². The Morgan fingerprint density at radius 1 is 1.41 bits per heavy atom. The minimum atomic E-state index is -0.980. The van der Waals surface area contributed by atoms with Crippen LogP contribution in [0.4, 0.5) is 0 Å². The van der Waals surface area contributed by atoms with Gasteiger partial charge in [-0.1, -0.05) is 13.8 Å². The molecule has 98 valence electrons. The average Bonchev–Trinajstić information content (AvgIpc) is 2.98. The molecule has 0 bridgehead atoms. The molecule has 0 aromatic rings. The molecule has 2 unspecified atom stereocenters. The summed E-state index contributed by atoms with van der Waals surface area (Å²) in [6, 6.07) is -0.919. The Hall–Kier alpha value is -1.10. The topological polar surface area (TPSA) is 92.4 Å². The van der Waals surface area contributed by atoms with E-state index in [1.807, 2.05) is 13.8 Å². The first-order valence-electron chi connectivity index (χ1n) is 6.18. The summed E-state index contributed by atoms with van der Waals surface area (Å²) in [4.78, 5) is 22.6. The number of amides is 1. The average molecular weight is 242 g/mol. The van der Waals surface area contributed by atoms with E-state index in [0.29, 0.717) is 12.3 Å². The summed E-state index contributed by atoms with van der Waals surface area (Å²) < 4.78 is 0. The van der Waals surface area contributed by atoms with Gasteiger partial charge in [0.05, 0.1) is 0 Å². The second-order valence-electron chi connectivity index (χ2n) is 5.29. The lowest BCUT2D eigenvalue weighted by molar-refractivity contribution is -0.142. The van der Waals surface area contributed by atoms with E-state index in [-0.39, 0.29) is 24.3 Å². The van der Waals surface area contributed by atoms with E-state index < -0.39 is 12.0 Å². The summed E-state index contributed by atoms with van der Waals surface area (Å²) in [6.07, 6.45) is 2.85. The number of hydrogen-bond donors (Lipinski definition) is 3. The molecule has 1 amide bonds. The maximum Gasteiger partial charge on any atom is 0.326 e. The van der Waals surface area contributed by atoms with Gasteiger partial charge in [0.25, 0.3) is 0 Å². The molecule has 0 spiro atoms. The zero-order valence-corrected chi connectivity index (χ0v) is 10.5. The van der Waals surface area contributed by atoms with Crippen LogP contribution >= 0.6 is 0 Å². The van der Waals surface area contributed by atoms with Gasteiger partial charge in [0.15, 0.2) is 0 Å². The van der Waals surface area contributed by atoms with Crippen molar-refractivity contribution >= 4 is 11.9 Å². The molecule has 0 saturated heterocycles. The molecule has 0 heterocycles. The lowest BCUT2D eigenvalue weighted by atomic mass is 10.0. The largest absolute Gasteiger partial charge is 0.480 e. The monoisotopic (exact) mass is 242 g/mol. The minimum Gasteiger partial charge on any atom is -0.480 e. The number of carboxylic acids is 1. The summed E-state index contributed by atoms with van der Waals surface area (Å²) in [7, 11) is 0. The quantitative estimate of drug-likeness (QED) is 0.613. The molecular weight excluding hydrogens is 220 g/mol. The highest BCUT2D eigenvalue weighted by Crippen LogP contribution is 2.32. The molecule has 0 radical (unpaired) electrons. The molecule has 4 N–H and O–H groups in total. The van der Waals surface area contributed by atoms with Gasteiger partial charge in [0.1, 0.15) is 6.04 Å². The lowest BCUT2D eigenvalue weighted by Crippen LogP contribution is -2.43. The molecule has 1 aliphatic rings. The standard InChI is InChI=1S/C12H22N2O3/c1-7(2)5-10(12(16)17)14-11(15)6-9(13)8-3-4-8/h7-10H,3-6,13H2,1-2H3,(H,14,15)(H,16,17). The minimum absolute atomic E-state index is 0.122. The molecule has 0 aromatic heterocycles. The molecule has 5 heteroatoms. The Balaban J connectivity index is 2.37. The van der Waals surface area contributed by atoms with Gasteiger partial charge in [-0.3, -0.25) is 4.79 Å². The van der Waals surface area contributed by atoms with E-state index in [0.717, 1.165) is 12.8 Å². The SMILES string of the molecule is CC(C)CC(NC(=O)CC(N)C1CC1)C(=O)O. The van der Waals surface area contributed by atoms with Crippen LogP contribution in [0.5, 0.6) is 0 Å². The highest BCUT2D eigenvalue weighted by Gasteiger charge is 2.30. The molecule has 0 aliphatic heterocycles. The Labute approximate surface area is 102 Å². The van der Waals surface area contributed by atoms with E-state index in [4.69, 9.17) is 10.8 Å². The predicted octanol–water partition coefficient (Wildman–Crippen LogP) is 0.729. The van der Waals surface area contributed by atoms with E-state index in [1.54, 1.807) is 0 Å². The molecule has 0 aromatic carbocycles. The normalized spacial score (nSPS) is 18.8. The third kappa shape index (κ3) is 5.17. The fourth-order valence-electron chi connectivity index (χ4n) is 1.85. The summed E-state index contributed by atoms with van der Waals surface area (Å²) in [5.74, 6) is -0.549. The summed E-state index contributed by atoms with van der Waals surface area (Å²) >= 11 is 0. The van der Waals surface area contributed by atoms with Crippen molar-refractivity contribution in [3.63, 3.8) is 0 Å². The third-order valence-corrected chi connectivity index (χ3v) is 2.99. The van der Waals surface area contributed by atoms with Crippen molar-refractivity contribution in [2.45, 2.75) is 51.6 Å². The smallest absolute Gasteiger partial charge is 0.326 e. The van der Waals surface area contributed by atoms with Gasteiger partial charge in [-0.05, 0) is 31.1 Å². The van der Waals surface area contributed by atoms with Crippen molar-refractivity contribution in [1.29, 1.82) is 0 Å². The zero-order valence-electron chi connectivity index (χ0n) is 10.5. The number of nitrogens with one attached hydrogen (secondary N) is 1. The third-order valence-electron chi connectivity index (χ3n) is 2.99. The van der Waals surface area contributed by atoms with Crippen molar-refractivity contribution in [2.75, 3.05) is 0 Å². The van der Waals surface area contributed by atoms with Crippen LogP contribution in [0.2, 0.25) is 0 Å². The Kier molecular flexibility index (Phi) is 4.93. The molecule has 17 heavy (non-hydrogen) atoms. The summed E-state index contributed by atoms with van der Waals surface area (Å²) in [5, 5.41) is 11.5. The van der Waals surface area contributed by atoms with Crippen LogP contribution in [0.15, 0.2) is 0 Å². The fourth-order valence-corrected chi connectivity index (χ4v) is 1.85. The number of hydrogen-bond acceptors (Lipinski definition) is 3. The molecule has 5 nitrogen and oxygen atoms in total. The van der Waals surface area contributed by atoms with Crippen LogP contribution in [0, 0.1) is 11.8 Å². The van der Waals surface area contributed by atoms with Gasteiger partial charge < -0.3 is 16.2 Å². The van der Waals surface area contributed by atoms with Crippen molar-refractivity contribution in [1.82, 2.24) is 5.32 Å². The number of rotatable bonds is 7. The van der Waals surface area contributed by atoms with Crippen LogP contribution in [-0.2, 0) is 9.59 Å². The second kappa shape index (κ2) is 6.00. The van der Waals surface area contributed by atoms with Crippen molar-refractivity contribution in [2.24, 2.45) is 17.6 Å². The first-order valence-corrected chi connectivity index (χ1v) is 6.18. The number of aliphatic carboxylic acids is 1. The molecule has 1 rings (SSSR count). The van der Waals surface area contributed by atoms with Crippen molar-refractivity contribution in [3.05, 3.63) is 0 Å². The number of carboxylic acid groups (broad SMARTS) is 1. The van der Waals surface area contributed by atoms with E-state index in [9.17, 15) is 9.59 Å². The van der Waals surface area contributed by atoms with E-state index in [1.165, 1.54) is 0 Å². The van der Waals surface area contributed by atoms with Crippen LogP contribution in [0.3, 0.4) is 0 Å². The molecule has 1 aliphatic carbocycles. The highest BCUT2D eigenvalue weighted by molar-refractivity contribution is 5.83. The van der Waals surface area contributed by atoms with Gasteiger partial charge in [0, 0.05) is 12.5 Å². The van der Waals surface area contributed by atoms with Crippen LogP contribution in [0.25, 0.3) is 0 Å². The van der Waals surface area contributed by atoms with Crippen molar-refractivity contribution in [3.8, 4) is 0 Å². The second-order valence-corrected chi connectivity index (χ2v) is 5.29. The highest BCUT2D eigenvalue weighted by atomic mass is 16.4. The van der Waals surface area contributed by atoms with Gasteiger partial charge in [-0.25, -0.2) is 4.79 Å². The van der Waals surface area contributed by atoms with Crippen molar-refractivity contribution < 1.29 is 14.7 Å². The molecule has 1 saturated carbocycles. The number of carbonyl (C=O) groups excluding carboxylic acids is 1. The number of nitrogens with two attached hydrogens (primary N) is 1. The Bertz CT molecular complexity index is 287. The lowest BCUT2D eigenvalue weighted by Gasteiger charge is -2.17. The van der Waals surface area contributed by atoms with Gasteiger partial charge >= 0.3 is 5.97 Å². The van der Waals surface area contributed by atoms with Crippen LogP contribution in [-0.4, -0.2) is 29.1 Å². The van der Waals surface area contributed by atoms with E-state index in [2.05, 4.69) is 5.32 Å². The molecule has 2 atom stereocenters. The Morgan fingerprint density at radius 3 is 2.41 bits per heavy atom. The summed E-state index contributed by atoms with van der Waals surface area (Å²) in [6.45, 7) is 3.86. The predicted molar refractivity (Wildman–Crippen MR) is 64.3 cm³/mol. The molecular formula is C12H22N2O3. The zero-order chi connectivity index (χ0) is 13.0. The molecule has 1 fully saturated rings. The number of carbonyl (C=O) groups is 2. The maximum atomic E-state index is 11.6. The van der Waals surface area contributed by atoms with E-state index >= 15 is 0 Å². The van der Waals surface area contributed by atoms with Crippen LogP contribution in [0.1, 0.15) is 39.5 Å². The Morgan fingerprint density at radius 2 is 2.00 bits per heavy atom. The van der Waals surface area contributed by atoms with Gasteiger partial charge in [-0.15, -0.1) is 0 Å².